The highest BCUT2D eigenvalue weighted by Gasteiger charge is 2.75. The Balaban J connectivity index is 1.24. The molecule has 9 atom stereocenters. The average Bonchev–Trinajstić information content (AvgIpc) is 3.38. The summed E-state index contributed by atoms with van der Waals surface area (Å²) in [6.07, 6.45) is 16.7. The lowest BCUT2D eigenvalue weighted by Crippen LogP contribution is -2.67. The minimum absolute atomic E-state index is 0.0562. The fourth-order valence-electron chi connectivity index (χ4n) is 13.7. The molecule has 4 saturated carbocycles. The van der Waals surface area contributed by atoms with Crippen LogP contribution >= 0.6 is 0 Å². The Morgan fingerprint density at radius 3 is 2.40 bits per heavy atom. The zero-order valence-electron chi connectivity index (χ0n) is 27.1. The Hall–Kier alpha value is -2.21. The van der Waals surface area contributed by atoms with Gasteiger partial charge in [-0.25, -0.2) is 0 Å². The van der Waals surface area contributed by atoms with Crippen molar-refractivity contribution in [3.8, 4) is 12.3 Å². The maximum atomic E-state index is 13.6. The van der Waals surface area contributed by atoms with Crippen molar-refractivity contribution in [3.05, 3.63) is 35.5 Å². The van der Waals surface area contributed by atoms with E-state index in [0.717, 1.165) is 25.7 Å². The standard InChI is InChI=1S/C39H51NO2/c1-9-22-40-27-13-11-10-12-24(27)25-23-36(6)28(35(4,5)31(25)40)16-17-38(8)29(36)15-14-26-30-32-34(2,3)18-20-39(30,33(41)42-32)21-19-37(26,38)7/h1,10-13,26,28-30,32H,14-23H2,2-8H3/t26-,28+,29-,30+,32-,36+,37-,38-,39+/m1/s1. The van der Waals surface area contributed by atoms with E-state index in [9.17, 15) is 4.79 Å². The van der Waals surface area contributed by atoms with E-state index in [1.807, 2.05) is 0 Å². The first-order valence-electron chi connectivity index (χ1n) is 17.0. The molecule has 8 rings (SSSR count). The number of rotatable bonds is 1. The zero-order chi connectivity index (χ0) is 29.7. The van der Waals surface area contributed by atoms with E-state index < -0.39 is 0 Å². The van der Waals surface area contributed by atoms with E-state index >= 15 is 0 Å². The van der Waals surface area contributed by atoms with Gasteiger partial charge in [0.2, 0.25) is 0 Å². The molecule has 6 aliphatic rings. The van der Waals surface area contributed by atoms with Gasteiger partial charge in [-0.3, -0.25) is 4.79 Å². The summed E-state index contributed by atoms with van der Waals surface area (Å²) in [7, 11) is 0. The van der Waals surface area contributed by atoms with Crippen molar-refractivity contribution < 1.29 is 9.53 Å². The van der Waals surface area contributed by atoms with Gasteiger partial charge in [-0.05, 0) is 103 Å². The lowest BCUT2D eigenvalue weighted by molar-refractivity contribution is -0.232. The number of hydrogen-bond donors (Lipinski definition) is 0. The molecule has 2 bridgehead atoms. The number of terminal acetylenes is 1. The Morgan fingerprint density at radius 1 is 0.905 bits per heavy atom. The van der Waals surface area contributed by atoms with Gasteiger partial charge in [-0.1, -0.05) is 72.6 Å². The summed E-state index contributed by atoms with van der Waals surface area (Å²) in [5, 5.41) is 1.42. The lowest BCUT2D eigenvalue weighted by Gasteiger charge is -2.72. The van der Waals surface area contributed by atoms with E-state index in [4.69, 9.17) is 11.2 Å². The van der Waals surface area contributed by atoms with Crippen LogP contribution in [-0.2, 0) is 27.9 Å². The molecule has 0 amide bonds. The quantitative estimate of drug-likeness (QED) is 0.256. The first kappa shape index (κ1) is 27.3. The topological polar surface area (TPSA) is 31.2 Å². The molecule has 224 valence electrons. The van der Waals surface area contributed by atoms with Crippen LogP contribution in [0.25, 0.3) is 10.9 Å². The van der Waals surface area contributed by atoms with Crippen molar-refractivity contribution in [2.45, 2.75) is 124 Å². The fraction of sp³-hybridized carbons (Fsp3) is 0.718. The van der Waals surface area contributed by atoms with Crippen molar-refractivity contribution >= 4 is 16.9 Å². The molecule has 42 heavy (non-hydrogen) atoms. The third-order valence-corrected chi connectivity index (χ3v) is 15.7. The highest BCUT2D eigenvalue weighted by molar-refractivity contribution is 5.87. The average molecular weight is 566 g/mol. The molecule has 2 aromatic rings. The molecule has 0 N–H and O–H groups in total. The molecule has 0 unspecified atom stereocenters. The van der Waals surface area contributed by atoms with Gasteiger partial charge in [-0.2, -0.15) is 0 Å². The van der Waals surface area contributed by atoms with Crippen LogP contribution in [0.5, 0.6) is 0 Å². The largest absolute Gasteiger partial charge is 0.461 e. The van der Waals surface area contributed by atoms with Gasteiger partial charge in [0.05, 0.1) is 12.0 Å². The molecule has 1 saturated heterocycles. The number of aromatic nitrogens is 1. The molecule has 1 aromatic heterocycles. The van der Waals surface area contributed by atoms with Gasteiger partial charge in [0.1, 0.15) is 6.10 Å². The van der Waals surface area contributed by atoms with Crippen LogP contribution in [0, 0.1) is 63.1 Å². The van der Waals surface area contributed by atoms with Crippen LogP contribution in [0.3, 0.4) is 0 Å². The second-order valence-corrected chi connectivity index (χ2v) is 17.7. The van der Waals surface area contributed by atoms with Gasteiger partial charge in [0.15, 0.2) is 0 Å². The molecule has 0 spiro atoms. The van der Waals surface area contributed by atoms with E-state index in [0.29, 0.717) is 30.2 Å². The normalized spacial score (nSPS) is 46.0. The van der Waals surface area contributed by atoms with Crippen molar-refractivity contribution in [3.63, 3.8) is 0 Å². The summed E-state index contributed by atoms with van der Waals surface area (Å²) in [6.45, 7) is 18.5. The predicted octanol–water partition coefficient (Wildman–Crippen LogP) is 8.71. The molecule has 5 fully saturated rings. The third-order valence-electron chi connectivity index (χ3n) is 15.7. The molecule has 1 aromatic carbocycles. The Morgan fingerprint density at radius 2 is 1.64 bits per heavy atom. The second kappa shape index (κ2) is 8.08. The molecule has 2 heterocycles. The predicted molar refractivity (Wildman–Crippen MR) is 169 cm³/mol. The van der Waals surface area contributed by atoms with Crippen LogP contribution in [0.1, 0.15) is 111 Å². The summed E-state index contributed by atoms with van der Waals surface area (Å²) in [5.74, 6) is 5.41. The van der Waals surface area contributed by atoms with Crippen molar-refractivity contribution in [1.82, 2.24) is 4.57 Å². The molecular weight excluding hydrogens is 514 g/mol. The number of carbonyl (C=O) groups excluding carboxylic acids is 1. The smallest absolute Gasteiger partial charge is 0.312 e. The fourth-order valence-corrected chi connectivity index (χ4v) is 13.7. The van der Waals surface area contributed by atoms with Crippen LogP contribution < -0.4 is 0 Å². The molecule has 1 aliphatic heterocycles. The second-order valence-electron chi connectivity index (χ2n) is 17.7. The van der Waals surface area contributed by atoms with Crippen molar-refractivity contribution in [1.29, 1.82) is 0 Å². The van der Waals surface area contributed by atoms with Gasteiger partial charge in [0, 0.05) is 33.3 Å². The Bertz CT molecular complexity index is 1550. The maximum Gasteiger partial charge on any atom is 0.312 e. The minimum Gasteiger partial charge on any atom is -0.461 e. The molecule has 3 nitrogen and oxygen atoms in total. The highest BCUT2D eigenvalue weighted by atomic mass is 16.6. The zero-order valence-corrected chi connectivity index (χ0v) is 27.1. The molecule has 3 heteroatoms. The highest BCUT2D eigenvalue weighted by Crippen LogP contribution is 2.78. The lowest BCUT2D eigenvalue weighted by atomic mass is 9.31. The Labute approximate surface area is 253 Å². The minimum atomic E-state index is -0.213. The number of ether oxygens (including phenoxy) is 1. The van der Waals surface area contributed by atoms with Gasteiger partial charge >= 0.3 is 5.97 Å². The summed E-state index contributed by atoms with van der Waals surface area (Å²) in [6, 6.07) is 9.01. The molecule has 5 aliphatic carbocycles. The van der Waals surface area contributed by atoms with Crippen LogP contribution in [0.15, 0.2) is 24.3 Å². The summed E-state index contributed by atoms with van der Waals surface area (Å²) in [4.78, 5) is 13.6. The van der Waals surface area contributed by atoms with E-state index in [2.05, 4.69) is 83.2 Å². The van der Waals surface area contributed by atoms with Gasteiger partial charge in [0.25, 0.3) is 0 Å². The van der Waals surface area contributed by atoms with Crippen LogP contribution in [0.4, 0.5) is 0 Å². The number of benzene rings is 1. The van der Waals surface area contributed by atoms with Crippen molar-refractivity contribution in [2.75, 3.05) is 0 Å². The summed E-state index contributed by atoms with van der Waals surface area (Å²) >= 11 is 0. The first-order chi connectivity index (χ1) is 19.8. The van der Waals surface area contributed by atoms with Crippen LogP contribution in [0.2, 0.25) is 0 Å². The van der Waals surface area contributed by atoms with E-state index in [1.54, 1.807) is 5.56 Å². The number of hydrogen-bond acceptors (Lipinski definition) is 2. The van der Waals surface area contributed by atoms with E-state index in [1.165, 1.54) is 48.7 Å². The number of nitrogens with zero attached hydrogens (tertiary/aromatic N) is 1. The number of carbonyl (C=O) groups is 1. The van der Waals surface area contributed by atoms with E-state index in [-0.39, 0.29) is 44.6 Å². The third kappa shape index (κ3) is 2.90. The maximum absolute atomic E-state index is 13.6. The van der Waals surface area contributed by atoms with Crippen LogP contribution in [-0.4, -0.2) is 16.6 Å². The first-order valence-corrected chi connectivity index (χ1v) is 17.0. The molecular formula is C39H51NO2. The number of esters is 1. The number of fused-ring (bicyclic) bond motifs is 8. The SMILES string of the molecule is C#CCn1c2c(c3ccccc31)C[C@]1(C)[C@H]3CC[C@@H]4[C@H]5[C@H]6OC(=O)[C@@]5(CCC6(C)C)CC[C@@]4(C)[C@]3(C)CC[C@H]1C2(C)C. The summed E-state index contributed by atoms with van der Waals surface area (Å²) < 4.78 is 8.86. The monoisotopic (exact) mass is 565 g/mol. The molecule has 0 radical (unpaired) electrons. The summed E-state index contributed by atoms with van der Waals surface area (Å²) in [5.41, 5.74) is 5.03. The van der Waals surface area contributed by atoms with Crippen molar-refractivity contribution in [2.24, 2.45) is 50.7 Å². The van der Waals surface area contributed by atoms with Gasteiger partial charge < -0.3 is 9.30 Å². The number of para-hydroxylation sites is 1. The Kier molecular flexibility index (Phi) is 5.26. The van der Waals surface area contributed by atoms with Gasteiger partial charge in [-0.15, -0.1) is 6.42 Å².